The van der Waals surface area contributed by atoms with Gasteiger partial charge < -0.3 is 29.7 Å². The summed E-state index contributed by atoms with van der Waals surface area (Å²) in [5.41, 5.74) is 1.28. The van der Waals surface area contributed by atoms with Crippen molar-refractivity contribution in [2.24, 2.45) is 0 Å². The van der Waals surface area contributed by atoms with Gasteiger partial charge in [-0.15, -0.1) is 0 Å². The number of aliphatic hydroxyl groups excluding tert-OH is 1. The maximum absolute atomic E-state index is 11.5. The van der Waals surface area contributed by atoms with Gasteiger partial charge >= 0.3 is 5.97 Å². The number of carboxylic acid groups (broad SMARTS) is 1. The molecule has 1 unspecified atom stereocenters. The number of aliphatic carboxylic acids is 1. The van der Waals surface area contributed by atoms with Crippen LogP contribution >= 0.6 is 0 Å². The number of ether oxygens (including phenoxy) is 2. The molecule has 2 aliphatic carbocycles. The molecule has 8 nitrogen and oxygen atoms in total. The third kappa shape index (κ3) is 2.20. The summed E-state index contributed by atoms with van der Waals surface area (Å²) in [7, 11) is 3.89. The van der Waals surface area contributed by atoms with Gasteiger partial charge in [0.2, 0.25) is 0 Å². The number of rotatable bonds is 5. The second-order valence-electron chi connectivity index (χ2n) is 8.89. The van der Waals surface area contributed by atoms with Gasteiger partial charge in [0.05, 0.1) is 17.6 Å². The molecule has 5 rings (SSSR count). The monoisotopic (exact) mass is 404 g/mol. The largest absolute Gasteiger partial charge is 0.504 e. The third-order valence-corrected chi connectivity index (χ3v) is 7.95. The van der Waals surface area contributed by atoms with Crippen LogP contribution in [0.2, 0.25) is 0 Å². The molecule has 1 spiro atoms. The summed E-state index contributed by atoms with van der Waals surface area (Å²) in [6.07, 6.45) is 2.68. The third-order valence-electron chi connectivity index (χ3n) is 7.95. The summed E-state index contributed by atoms with van der Waals surface area (Å²) in [4.78, 5) is 13.9. The van der Waals surface area contributed by atoms with E-state index < -0.39 is 29.6 Å². The number of nitrogens with zero attached hydrogens (tertiary/aromatic N) is 1. The van der Waals surface area contributed by atoms with Crippen molar-refractivity contribution in [3.05, 3.63) is 23.3 Å². The number of carboxylic acids is 1. The molecular formula is C21H28N2O6. The van der Waals surface area contributed by atoms with Crippen LogP contribution in [0.15, 0.2) is 12.1 Å². The summed E-state index contributed by atoms with van der Waals surface area (Å²) < 4.78 is 12.8. The molecule has 1 aromatic carbocycles. The lowest BCUT2D eigenvalue weighted by molar-refractivity contribution is -0.204. The number of nitrogens with one attached hydrogen (secondary N) is 1. The van der Waals surface area contributed by atoms with Gasteiger partial charge in [-0.05, 0) is 50.9 Å². The van der Waals surface area contributed by atoms with Crippen LogP contribution in [0, 0.1) is 0 Å². The molecule has 1 saturated heterocycles. The SMILES string of the molecule is CO[C@@]12CC[C@H](N[C@@H](CO)C(=O)O)[C@@H]3Oc4c(O)ccc5c4[C@@]31CCN(C)C2C5. The van der Waals surface area contributed by atoms with Gasteiger partial charge in [-0.3, -0.25) is 10.1 Å². The number of hydrogen-bond donors (Lipinski definition) is 4. The number of likely N-dealkylation sites (N-methyl/N-ethyl adjacent to an activating group) is 1. The first-order valence-corrected chi connectivity index (χ1v) is 10.3. The Morgan fingerprint density at radius 2 is 2.24 bits per heavy atom. The number of methoxy groups -OCH3 is 1. The van der Waals surface area contributed by atoms with E-state index in [1.807, 2.05) is 6.07 Å². The number of carbonyl (C=O) groups is 1. The van der Waals surface area contributed by atoms with Crippen molar-refractivity contribution in [3.63, 3.8) is 0 Å². The average molecular weight is 404 g/mol. The van der Waals surface area contributed by atoms with E-state index in [9.17, 15) is 20.1 Å². The molecule has 4 aliphatic rings. The molecule has 2 heterocycles. The van der Waals surface area contributed by atoms with Crippen LogP contribution in [0.1, 0.15) is 30.4 Å². The molecule has 6 atom stereocenters. The van der Waals surface area contributed by atoms with Crippen LogP contribution in [-0.4, -0.2) is 83.3 Å². The Hall–Kier alpha value is -1.87. The maximum atomic E-state index is 11.5. The summed E-state index contributed by atoms with van der Waals surface area (Å²) in [5.74, 6) is -0.454. The van der Waals surface area contributed by atoms with Crippen molar-refractivity contribution in [1.82, 2.24) is 10.2 Å². The number of piperidine rings is 1. The van der Waals surface area contributed by atoms with Gasteiger partial charge in [0.15, 0.2) is 11.5 Å². The van der Waals surface area contributed by atoms with Crippen molar-refractivity contribution >= 4 is 5.97 Å². The Balaban J connectivity index is 1.68. The van der Waals surface area contributed by atoms with Crippen LogP contribution in [0.4, 0.5) is 0 Å². The summed E-state index contributed by atoms with van der Waals surface area (Å²) >= 11 is 0. The predicted octanol–water partition coefficient (Wildman–Crippen LogP) is 0.234. The van der Waals surface area contributed by atoms with Gasteiger partial charge in [0.1, 0.15) is 12.1 Å². The van der Waals surface area contributed by atoms with Gasteiger partial charge in [-0.2, -0.15) is 0 Å². The number of aliphatic hydroxyl groups is 1. The molecule has 1 aromatic rings. The minimum absolute atomic E-state index is 0.116. The normalized spacial score (nSPS) is 38.2. The molecule has 158 valence electrons. The van der Waals surface area contributed by atoms with Crippen molar-refractivity contribution < 1.29 is 29.6 Å². The topological polar surface area (TPSA) is 111 Å². The van der Waals surface area contributed by atoms with Crippen LogP contribution in [0.5, 0.6) is 11.5 Å². The first-order valence-electron chi connectivity index (χ1n) is 10.3. The van der Waals surface area contributed by atoms with E-state index in [1.54, 1.807) is 13.2 Å². The van der Waals surface area contributed by atoms with E-state index in [4.69, 9.17) is 9.47 Å². The molecule has 0 aromatic heterocycles. The van der Waals surface area contributed by atoms with E-state index in [1.165, 1.54) is 5.56 Å². The van der Waals surface area contributed by atoms with E-state index in [-0.39, 0.29) is 23.9 Å². The van der Waals surface area contributed by atoms with Gasteiger partial charge in [-0.1, -0.05) is 6.07 Å². The van der Waals surface area contributed by atoms with Crippen LogP contribution in [-0.2, 0) is 21.4 Å². The average Bonchev–Trinajstić information content (AvgIpc) is 3.06. The second kappa shape index (κ2) is 6.31. The van der Waals surface area contributed by atoms with Crippen LogP contribution in [0.3, 0.4) is 0 Å². The maximum Gasteiger partial charge on any atom is 0.323 e. The summed E-state index contributed by atoms with van der Waals surface area (Å²) in [5, 5.41) is 32.7. The zero-order chi connectivity index (χ0) is 20.6. The first-order chi connectivity index (χ1) is 13.9. The van der Waals surface area contributed by atoms with Crippen molar-refractivity contribution in [3.8, 4) is 11.5 Å². The van der Waals surface area contributed by atoms with E-state index >= 15 is 0 Å². The van der Waals surface area contributed by atoms with Gasteiger partial charge in [-0.25, -0.2) is 0 Å². The zero-order valence-electron chi connectivity index (χ0n) is 16.7. The number of likely N-dealkylation sites (tertiary alicyclic amines) is 1. The fourth-order valence-corrected chi connectivity index (χ4v) is 6.77. The molecule has 2 aliphatic heterocycles. The van der Waals surface area contributed by atoms with Crippen LogP contribution < -0.4 is 10.1 Å². The van der Waals surface area contributed by atoms with Gasteiger partial charge in [0.25, 0.3) is 0 Å². The molecule has 8 heteroatoms. The van der Waals surface area contributed by atoms with Crippen molar-refractivity contribution in [2.45, 2.75) is 60.9 Å². The molecular weight excluding hydrogens is 376 g/mol. The Morgan fingerprint density at radius 3 is 2.93 bits per heavy atom. The number of phenolic OH excluding ortho intramolecular Hbond substituents is 1. The molecule has 0 amide bonds. The highest BCUT2D eigenvalue weighted by Gasteiger charge is 2.73. The number of benzene rings is 1. The Labute approximate surface area is 169 Å². The van der Waals surface area contributed by atoms with Crippen LogP contribution in [0.25, 0.3) is 0 Å². The molecule has 4 N–H and O–H groups in total. The summed E-state index contributed by atoms with van der Waals surface area (Å²) in [6.45, 7) is 0.384. The molecule has 0 radical (unpaired) electrons. The lowest BCUT2D eigenvalue weighted by Gasteiger charge is -2.65. The number of phenols is 1. The standard InChI is InChI=1S/C21H28N2O6/c1-23-8-7-20-16-11-3-4-14(25)17(16)29-18(20)12(22-13(10-24)19(26)27)5-6-21(20,28-2)15(23)9-11/h3-4,12-13,15,18,22,24-25H,5-10H2,1-2H3,(H,26,27)/t12-,13-,15?,18-,20-,21+/m0/s1. The van der Waals surface area contributed by atoms with E-state index in [0.29, 0.717) is 12.2 Å². The number of hydrogen-bond acceptors (Lipinski definition) is 7. The molecule has 1 saturated carbocycles. The van der Waals surface area contributed by atoms with Crippen molar-refractivity contribution in [2.75, 3.05) is 27.3 Å². The minimum atomic E-state index is -1.09. The lowest BCUT2D eigenvalue weighted by atomic mass is 9.48. The van der Waals surface area contributed by atoms with E-state index in [2.05, 4.69) is 17.3 Å². The van der Waals surface area contributed by atoms with Gasteiger partial charge in [0, 0.05) is 24.8 Å². The number of aromatic hydroxyl groups is 1. The minimum Gasteiger partial charge on any atom is -0.504 e. The summed E-state index contributed by atoms with van der Waals surface area (Å²) in [6, 6.07) is 2.53. The molecule has 2 bridgehead atoms. The first kappa shape index (κ1) is 19.1. The molecule has 2 fully saturated rings. The predicted molar refractivity (Wildman–Crippen MR) is 103 cm³/mol. The second-order valence-corrected chi connectivity index (χ2v) is 8.89. The van der Waals surface area contributed by atoms with E-state index in [0.717, 1.165) is 31.4 Å². The highest BCUT2D eigenvalue weighted by Crippen LogP contribution is 2.66. The quantitative estimate of drug-likeness (QED) is 0.552. The Morgan fingerprint density at radius 1 is 1.45 bits per heavy atom. The van der Waals surface area contributed by atoms with Crippen molar-refractivity contribution in [1.29, 1.82) is 0 Å². The molecule has 29 heavy (non-hydrogen) atoms. The lowest BCUT2D eigenvalue weighted by Crippen LogP contribution is -2.78. The fourth-order valence-electron chi connectivity index (χ4n) is 6.77. The Bertz CT molecular complexity index is 862. The smallest absolute Gasteiger partial charge is 0.323 e. The zero-order valence-corrected chi connectivity index (χ0v) is 16.7. The Kier molecular flexibility index (Phi) is 4.16. The highest BCUT2D eigenvalue weighted by atomic mass is 16.5. The fraction of sp³-hybridized carbons (Fsp3) is 0.667. The highest BCUT2D eigenvalue weighted by molar-refractivity contribution is 5.73.